The number of epoxide rings is 1. The predicted molar refractivity (Wildman–Crippen MR) is 68.1 cm³/mol. The topological polar surface area (TPSA) is 101 Å². The van der Waals surface area contributed by atoms with Crippen LogP contribution in [0.2, 0.25) is 0 Å². The Balaban J connectivity index is 1.91. The lowest BCUT2D eigenvalue weighted by atomic mass is 10.0. The van der Waals surface area contributed by atoms with Gasteiger partial charge in [-0.25, -0.2) is 0 Å². The Hall–Kier alpha value is -0.280. The van der Waals surface area contributed by atoms with Crippen molar-refractivity contribution in [1.29, 1.82) is 0 Å². The molecular weight excluding hydrogens is 268 g/mol. The van der Waals surface area contributed by atoms with Crippen molar-refractivity contribution < 1.29 is 34.3 Å². The molecule has 0 aromatic carbocycles. The number of rotatable bonds is 8. The molecule has 0 spiro atoms. The molecule has 2 fully saturated rings. The van der Waals surface area contributed by atoms with Crippen molar-refractivity contribution in [3.05, 3.63) is 0 Å². The standard InChI is InChI=1S/C13H24O7/c1-2-9-12(19-9)13(17-4-3-14)20-10-5-8(16)7-18-11(10)6-15/h8-16H,2-7H2,1H3/t8-,9?,10-,11?,12?,13+/m0/s1. The van der Waals surface area contributed by atoms with Crippen molar-refractivity contribution in [3.63, 3.8) is 0 Å². The molecule has 2 saturated heterocycles. The molecule has 3 N–H and O–H groups in total. The summed E-state index contributed by atoms with van der Waals surface area (Å²) in [5.41, 5.74) is 0. The molecule has 0 saturated carbocycles. The summed E-state index contributed by atoms with van der Waals surface area (Å²) in [6.45, 7) is 2.09. The molecule has 118 valence electrons. The highest BCUT2D eigenvalue weighted by molar-refractivity contribution is 4.89. The minimum atomic E-state index is -0.611. The molecule has 0 amide bonds. The van der Waals surface area contributed by atoms with Gasteiger partial charge in [0.25, 0.3) is 0 Å². The minimum Gasteiger partial charge on any atom is -0.394 e. The normalized spacial score (nSPS) is 38.7. The van der Waals surface area contributed by atoms with Gasteiger partial charge in [0.2, 0.25) is 0 Å². The van der Waals surface area contributed by atoms with Gasteiger partial charge in [-0.15, -0.1) is 0 Å². The summed E-state index contributed by atoms with van der Waals surface area (Å²) >= 11 is 0. The molecule has 6 atom stereocenters. The zero-order valence-corrected chi connectivity index (χ0v) is 11.7. The van der Waals surface area contributed by atoms with Crippen molar-refractivity contribution in [2.75, 3.05) is 26.4 Å². The molecular formula is C13H24O7. The summed E-state index contributed by atoms with van der Waals surface area (Å²) in [6.07, 6.45) is -0.964. The van der Waals surface area contributed by atoms with Gasteiger partial charge in [0.05, 0.1) is 44.7 Å². The van der Waals surface area contributed by atoms with Crippen LogP contribution in [-0.4, -0.2) is 78.6 Å². The van der Waals surface area contributed by atoms with Crippen molar-refractivity contribution >= 4 is 0 Å². The maximum absolute atomic E-state index is 9.64. The molecule has 2 aliphatic rings. The van der Waals surface area contributed by atoms with Crippen LogP contribution in [0.1, 0.15) is 19.8 Å². The highest BCUT2D eigenvalue weighted by atomic mass is 16.7. The summed E-state index contributed by atoms with van der Waals surface area (Å²) in [5, 5.41) is 27.8. The molecule has 7 nitrogen and oxygen atoms in total. The summed E-state index contributed by atoms with van der Waals surface area (Å²) in [4.78, 5) is 0. The van der Waals surface area contributed by atoms with E-state index >= 15 is 0 Å². The second-order valence-electron chi connectivity index (χ2n) is 5.13. The lowest BCUT2D eigenvalue weighted by Gasteiger charge is -2.35. The molecule has 0 aromatic heterocycles. The van der Waals surface area contributed by atoms with Gasteiger partial charge in [-0.05, 0) is 6.42 Å². The van der Waals surface area contributed by atoms with E-state index in [1.807, 2.05) is 6.92 Å². The molecule has 0 aliphatic carbocycles. The van der Waals surface area contributed by atoms with Crippen LogP contribution < -0.4 is 0 Å². The summed E-state index contributed by atoms with van der Waals surface area (Å²) in [6, 6.07) is 0. The van der Waals surface area contributed by atoms with Crippen molar-refractivity contribution in [3.8, 4) is 0 Å². The molecule has 2 heterocycles. The quantitative estimate of drug-likeness (QED) is 0.391. The Morgan fingerprint density at radius 1 is 1.30 bits per heavy atom. The average molecular weight is 292 g/mol. The lowest BCUT2D eigenvalue weighted by Crippen LogP contribution is -2.47. The van der Waals surface area contributed by atoms with Gasteiger partial charge in [-0.2, -0.15) is 0 Å². The summed E-state index contributed by atoms with van der Waals surface area (Å²) in [5.74, 6) is 0. The number of hydrogen-bond acceptors (Lipinski definition) is 7. The van der Waals surface area contributed by atoms with Gasteiger partial charge in [0.1, 0.15) is 12.2 Å². The Labute approximate surface area is 118 Å². The van der Waals surface area contributed by atoms with E-state index in [4.69, 9.17) is 24.1 Å². The zero-order valence-electron chi connectivity index (χ0n) is 11.7. The second-order valence-corrected chi connectivity index (χ2v) is 5.13. The Bertz CT molecular complexity index is 288. The summed E-state index contributed by atoms with van der Waals surface area (Å²) < 4.78 is 22.1. The third-order valence-corrected chi connectivity index (χ3v) is 3.58. The largest absolute Gasteiger partial charge is 0.394 e. The van der Waals surface area contributed by atoms with Gasteiger partial charge in [-0.1, -0.05) is 6.92 Å². The van der Waals surface area contributed by atoms with Gasteiger partial charge >= 0.3 is 0 Å². The predicted octanol–water partition coefficient (Wildman–Crippen LogP) is -0.974. The maximum Gasteiger partial charge on any atom is 0.186 e. The molecule has 2 aliphatic heterocycles. The van der Waals surface area contributed by atoms with Crippen LogP contribution in [0.4, 0.5) is 0 Å². The van der Waals surface area contributed by atoms with E-state index in [9.17, 15) is 10.2 Å². The van der Waals surface area contributed by atoms with Crippen molar-refractivity contribution in [1.82, 2.24) is 0 Å². The first-order valence-electron chi connectivity index (χ1n) is 7.13. The van der Waals surface area contributed by atoms with E-state index in [2.05, 4.69) is 0 Å². The van der Waals surface area contributed by atoms with Crippen LogP contribution >= 0.6 is 0 Å². The zero-order chi connectivity index (χ0) is 14.5. The molecule has 7 heteroatoms. The van der Waals surface area contributed by atoms with Crippen LogP contribution in [0.3, 0.4) is 0 Å². The fourth-order valence-electron chi connectivity index (χ4n) is 2.42. The highest BCUT2D eigenvalue weighted by Gasteiger charge is 2.47. The number of ether oxygens (including phenoxy) is 4. The second kappa shape index (κ2) is 7.65. The van der Waals surface area contributed by atoms with E-state index in [1.54, 1.807) is 0 Å². The van der Waals surface area contributed by atoms with E-state index in [0.717, 1.165) is 6.42 Å². The monoisotopic (exact) mass is 292 g/mol. The van der Waals surface area contributed by atoms with Crippen molar-refractivity contribution in [2.45, 2.75) is 56.6 Å². The van der Waals surface area contributed by atoms with E-state index in [-0.39, 0.29) is 38.6 Å². The molecule has 0 aromatic rings. The molecule has 2 rings (SSSR count). The van der Waals surface area contributed by atoms with Crippen LogP contribution in [0.15, 0.2) is 0 Å². The SMILES string of the molecule is CCC1OC1[C@H](OCCO)O[C@H]1C[C@H](O)COC1CO. The van der Waals surface area contributed by atoms with Crippen LogP contribution in [0.5, 0.6) is 0 Å². The van der Waals surface area contributed by atoms with Crippen LogP contribution in [-0.2, 0) is 18.9 Å². The number of aliphatic hydroxyl groups excluding tert-OH is 3. The van der Waals surface area contributed by atoms with E-state index < -0.39 is 24.6 Å². The van der Waals surface area contributed by atoms with Crippen molar-refractivity contribution in [2.24, 2.45) is 0 Å². The first kappa shape index (κ1) is 16.1. The van der Waals surface area contributed by atoms with Gasteiger partial charge < -0.3 is 34.3 Å². The number of aliphatic hydroxyl groups is 3. The average Bonchev–Trinajstić information content (AvgIpc) is 3.23. The fraction of sp³-hybridized carbons (Fsp3) is 1.00. The molecule has 20 heavy (non-hydrogen) atoms. The van der Waals surface area contributed by atoms with E-state index in [1.165, 1.54) is 0 Å². The molecule has 0 bridgehead atoms. The Kier molecular flexibility index (Phi) is 6.16. The van der Waals surface area contributed by atoms with Crippen LogP contribution in [0.25, 0.3) is 0 Å². The highest BCUT2D eigenvalue weighted by Crippen LogP contribution is 2.32. The number of hydrogen-bond donors (Lipinski definition) is 3. The van der Waals surface area contributed by atoms with Gasteiger partial charge in [0.15, 0.2) is 6.29 Å². The lowest BCUT2D eigenvalue weighted by molar-refractivity contribution is -0.236. The first-order chi connectivity index (χ1) is 9.69. The van der Waals surface area contributed by atoms with Gasteiger partial charge in [-0.3, -0.25) is 0 Å². The molecule has 0 radical (unpaired) electrons. The third kappa shape index (κ3) is 4.11. The Morgan fingerprint density at radius 2 is 2.10 bits per heavy atom. The Morgan fingerprint density at radius 3 is 2.70 bits per heavy atom. The smallest absolute Gasteiger partial charge is 0.186 e. The first-order valence-corrected chi connectivity index (χ1v) is 7.13. The molecule has 3 unspecified atom stereocenters. The van der Waals surface area contributed by atoms with E-state index in [0.29, 0.717) is 6.42 Å². The maximum atomic E-state index is 9.64. The minimum absolute atomic E-state index is 0.0979. The van der Waals surface area contributed by atoms with Gasteiger partial charge in [0, 0.05) is 6.42 Å². The third-order valence-electron chi connectivity index (χ3n) is 3.58. The van der Waals surface area contributed by atoms with Crippen LogP contribution in [0, 0.1) is 0 Å². The summed E-state index contributed by atoms with van der Waals surface area (Å²) in [7, 11) is 0. The fourth-order valence-corrected chi connectivity index (χ4v) is 2.42.